The van der Waals surface area contributed by atoms with Crippen LogP contribution in [0.1, 0.15) is 40.5 Å². The van der Waals surface area contributed by atoms with Crippen molar-refractivity contribution in [3.63, 3.8) is 0 Å². The third-order valence-corrected chi connectivity index (χ3v) is 6.54. The van der Waals surface area contributed by atoms with Gasteiger partial charge in [-0.3, -0.25) is 14.5 Å². The number of likely N-dealkylation sites (N-methyl/N-ethyl adjacent to an activating group) is 1. The number of halogens is 1. The van der Waals surface area contributed by atoms with E-state index >= 15 is 0 Å². The summed E-state index contributed by atoms with van der Waals surface area (Å²) in [5.41, 5.74) is 0.156. The fraction of sp³-hybridized carbons (Fsp3) is 0.500. The van der Waals surface area contributed by atoms with Crippen molar-refractivity contribution in [1.29, 1.82) is 0 Å². The Morgan fingerprint density at radius 3 is 2.50 bits per heavy atom. The fourth-order valence-corrected chi connectivity index (χ4v) is 4.67. The number of thiazole rings is 1. The molecule has 1 N–H and O–H groups in total. The first-order valence-electron chi connectivity index (χ1n) is 11.3. The van der Waals surface area contributed by atoms with Crippen molar-refractivity contribution >= 4 is 34.3 Å². The lowest BCUT2D eigenvalue weighted by molar-refractivity contribution is -0.144. The molecule has 2 aromatic rings. The topological polar surface area (TPSA) is 101 Å². The number of ether oxygens (including phenoxy) is 2. The zero-order chi connectivity index (χ0) is 25.0. The summed E-state index contributed by atoms with van der Waals surface area (Å²) in [5, 5.41) is 5.11. The summed E-state index contributed by atoms with van der Waals surface area (Å²) in [6.45, 7) is 7.63. The molecular weight excluding hydrogens is 461 g/mol. The highest BCUT2D eigenvalue weighted by atomic mass is 32.1. The SMILES string of the molecule is CCOC(=O)C1OC1C(=O)NC(CC)(CC(C)C)C(=O)N(C)c1nc(-c2ccc(F)cc2)cs1. The number of esters is 1. The number of hydrogen-bond acceptors (Lipinski definition) is 7. The first-order chi connectivity index (χ1) is 16.1. The van der Waals surface area contributed by atoms with Gasteiger partial charge >= 0.3 is 5.97 Å². The second-order valence-electron chi connectivity index (χ2n) is 8.64. The van der Waals surface area contributed by atoms with E-state index in [0.717, 1.165) is 5.56 Å². The lowest BCUT2D eigenvalue weighted by Gasteiger charge is -2.36. The second-order valence-corrected chi connectivity index (χ2v) is 9.48. The molecule has 2 amide bonds. The van der Waals surface area contributed by atoms with Crippen LogP contribution in [0.15, 0.2) is 29.6 Å². The molecule has 3 unspecified atom stereocenters. The molecule has 1 aliphatic rings. The summed E-state index contributed by atoms with van der Waals surface area (Å²) in [7, 11) is 1.61. The number of nitrogens with one attached hydrogen (secondary N) is 1. The van der Waals surface area contributed by atoms with Gasteiger partial charge in [-0.05, 0) is 49.9 Å². The molecule has 1 saturated heterocycles. The molecule has 0 spiro atoms. The highest BCUT2D eigenvalue weighted by molar-refractivity contribution is 7.14. The van der Waals surface area contributed by atoms with Gasteiger partial charge in [-0.25, -0.2) is 14.2 Å². The first kappa shape index (κ1) is 25.8. The molecule has 8 nitrogen and oxygen atoms in total. The summed E-state index contributed by atoms with van der Waals surface area (Å²) in [4.78, 5) is 44.5. The van der Waals surface area contributed by atoms with E-state index < -0.39 is 29.6 Å². The molecular formula is C24H30FN3O5S. The molecule has 1 aromatic carbocycles. The summed E-state index contributed by atoms with van der Waals surface area (Å²) in [6, 6.07) is 5.96. The van der Waals surface area contributed by atoms with E-state index in [1.165, 1.54) is 28.4 Å². The maximum absolute atomic E-state index is 13.7. The van der Waals surface area contributed by atoms with Crippen molar-refractivity contribution in [2.45, 2.75) is 58.3 Å². The summed E-state index contributed by atoms with van der Waals surface area (Å²) < 4.78 is 23.4. The van der Waals surface area contributed by atoms with Gasteiger partial charge in [0.2, 0.25) is 0 Å². The largest absolute Gasteiger partial charge is 0.464 e. The molecule has 3 atom stereocenters. The third kappa shape index (κ3) is 5.61. The Morgan fingerprint density at radius 2 is 1.91 bits per heavy atom. The van der Waals surface area contributed by atoms with Crippen LogP contribution in [0.2, 0.25) is 0 Å². The number of benzene rings is 1. The van der Waals surface area contributed by atoms with Crippen LogP contribution in [-0.2, 0) is 23.9 Å². The van der Waals surface area contributed by atoms with Gasteiger partial charge in [0.25, 0.3) is 11.8 Å². The average molecular weight is 492 g/mol. The van der Waals surface area contributed by atoms with Gasteiger partial charge in [-0.15, -0.1) is 11.3 Å². The van der Waals surface area contributed by atoms with E-state index in [1.807, 2.05) is 20.8 Å². The lowest BCUT2D eigenvalue weighted by Crippen LogP contribution is -2.60. The molecule has 10 heteroatoms. The van der Waals surface area contributed by atoms with Crippen LogP contribution in [0.4, 0.5) is 9.52 Å². The molecule has 1 aromatic heterocycles. The Kier molecular flexibility index (Phi) is 8.04. The molecule has 3 rings (SSSR count). The Labute approximate surface area is 202 Å². The van der Waals surface area contributed by atoms with E-state index in [9.17, 15) is 18.8 Å². The number of hydrogen-bond donors (Lipinski definition) is 1. The Morgan fingerprint density at radius 1 is 1.24 bits per heavy atom. The molecule has 1 fully saturated rings. The molecule has 0 radical (unpaired) electrons. The average Bonchev–Trinajstić information content (AvgIpc) is 3.47. The number of anilines is 1. The minimum absolute atomic E-state index is 0.102. The van der Waals surface area contributed by atoms with Crippen molar-refractivity contribution < 1.29 is 28.2 Å². The van der Waals surface area contributed by atoms with E-state index in [4.69, 9.17) is 9.47 Å². The van der Waals surface area contributed by atoms with Crippen LogP contribution in [0.5, 0.6) is 0 Å². The fourth-order valence-electron chi connectivity index (χ4n) is 3.87. The number of rotatable bonds is 10. The van der Waals surface area contributed by atoms with E-state index in [2.05, 4.69) is 10.3 Å². The summed E-state index contributed by atoms with van der Waals surface area (Å²) in [5.74, 6) is -1.66. The van der Waals surface area contributed by atoms with Gasteiger partial charge < -0.3 is 14.8 Å². The monoisotopic (exact) mass is 491 g/mol. The predicted octanol–water partition coefficient (Wildman–Crippen LogP) is 3.55. The molecule has 0 aliphatic carbocycles. The van der Waals surface area contributed by atoms with Crippen LogP contribution in [0.25, 0.3) is 11.3 Å². The summed E-state index contributed by atoms with van der Waals surface area (Å²) >= 11 is 1.28. The van der Waals surface area contributed by atoms with Crippen molar-refractivity contribution in [2.24, 2.45) is 5.92 Å². The van der Waals surface area contributed by atoms with Gasteiger partial charge in [-0.2, -0.15) is 0 Å². The highest BCUT2D eigenvalue weighted by Crippen LogP contribution is 2.32. The van der Waals surface area contributed by atoms with Gasteiger partial charge in [-0.1, -0.05) is 20.8 Å². The number of carbonyl (C=O) groups excluding carboxylic acids is 3. The van der Waals surface area contributed by atoms with E-state index in [0.29, 0.717) is 23.7 Å². The van der Waals surface area contributed by atoms with Gasteiger partial charge in [0.1, 0.15) is 11.4 Å². The smallest absolute Gasteiger partial charge is 0.338 e. The Bertz CT molecular complexity index is 1040. The number of amides is 2. The van der Waals surface area contributed by atoms with E-state index in [1.54, 1.807) is 31.5 Å². The van der Waals surface area contributed by atoms with Crippen LogP contribution >= 0.6 is 11.3 Å². The minimum Gasteiger partial charge on any atom is -0.464 e. The van der Waals surface area contributed by atoms with Crippen molar-refractivity contribution in [1.82, 2.24) is 10.3 Å². The molecule has 34 heavy (non-hydrogen) atoms. The van der Waals surface area contributed by atoms with E-state index in [-0.39, 0.29) is 24.2 Å². The number of epoxide rings is 1. The molecule has 184 valence electrons. The van der Waals surface area contributed by atoms with Crippen molar-refractivity contribution in [3.05, 3.63) is 35.5 Å². The quantitative estimate of drug-likeness (QED) is 0.403. The first-order valence-corrected chi connectivity index (χ1v) is 12.1. The van der Waals surface area contributed by atoms with Crippen LogP contribution in [-0.4, -0.2) is 54.2 Å². The lowest BCUT2D eigenvalue weighted by atomic mass is 9.84. The molecule has 2 heterocycles. The highest BCUT2D eigenvalue weighted by Gasteiger charge is 2.54. The maximum Gasteiger partial charge on any atom is 0.338 e. The number of carbonyl (C=O) groups is 3. The summed E-state index contributed by atoms with van der Waals surface area (Å²) in [6.07, 6.45) is -1.18. The normalized spacial score (nSPS) is 18.8. The van der Waals surface area contributed by atoms with Gasteiger partial charge in [0.15, 0.2) is 17.3 Å². The number of nitrogens with zero attached hydrogens (tertiary/aromatic N) is 2. The molecule has 0 bridgehead atoms. The molecule has 1 aliphatic heterocycles. The van der Waals surface area contributed by atoms with Crippen LogP contribution < -0.4 is 10.2 Å². The van der Waals surface area contributed by atoms with Crippen molar-refractivity contribution in [3.8, 4) is 11.3 Å². The Balaban J connectivity index is 1.80. The predicted molar refractivity (Wildman–Crippen MR) is 127 cm³/mol. The molecule has 0 saturated carbocycles. The Hall–Kier alpha value is -2.85. The zero-order valence-electron chi connectivity index (χ0n) is 20.0. The minimum atomic E-state index is -1.20. The van der Waals surface area contributed by atoms with Gasteiger partial charge in [0.05, 0.1) is 12.3 Å². The van der Waals surface area contributed by atoms with Crippen molar-refractivity contribution in [2.75, 3.05) is 18.6 Å². The van der Waals surface area contributed by atoms with Crippen LogP contribution in [0, 0.1) is 11.7 Å². The third-order valence-electron chi connectivity index (χ3n) is 5.62. The van der Waals surface area contributed by atoms with Crippen LogP contribution in [0.3, 0.4) is 0 Å². The standard InChI is InChI=1S/C24H30FN3O5S/c1-6-24(12-14(3)4,27-20(29)18-19(33-18)21(30)32-7-2)22(31)28(5)23-26-17(13-34-23)15-8-10-16(25)11-9-15/h8-11,13-14,18-19H,6-7,12H2,1-5H3,(H,27,29). The zero-order valence-corrected chi connectivity index (χ0v) is 20.8. The van der Waals surface area contributed by atoms with Gasteiger partial charge in [0, 0.05) is 18.0 Å². The maximum atomic E-state index is 13.7. The number of aromatic nitrogens is 1. The second kappa shape index (κ2) is 10.6.